The molecule has 2 N–H and O–H groups in total. The summed E-state index contributed by atoms with van der Waals surface area (Å²) in [5.41, 5.74) is 0. The van der Waals surface area contributed by atoms with Gasteiger partial charge in [0.25, 0.3) is 15.2 Å². The third-order valence-electron chi connectivity index (χ3n) is 2.03. The number of rotatable bonds is 6. The molecule has 0 aromatic carbocycles. The molecule has 1 aromatic heterocycles. The molecule has 0 aliphatic heterocycles. The number of sulfonamides is 1. The van der Waals surface area contributed by atoms with Crippen LogP contribution in [0.1, 0.15) is 26.6 Å². The predicted molar refractivity (Wildman–Crippen MR) is 61.6 cm³/mol. The second kappa shape index (κ2) is 5.56. The van der Waals surface area contributed by atoms with E-state index in [2.05, 4.69) is 10.2 Å². The first-order valence-electron chi connectivity index (χ1n) is 5.38. The highest BCUT2D eigenvalue weighted by Gasteiger charge is 2.21. The van der Waals surface area contributed by atoms with E-state index in [9.17, 15) is 8.42 Å². The second-order valence-corrected chi connectivity index (χ2v) is 5.54. The van der Waals surface area contributed by atoms with Crippen LogP contribution in [0.3, 0.4) is 0 Å². The quantitative estimate of drug-likeness (QED) is 0.784. The van der Waals surface area contributed by atoms with Crippen LogP contribution in [0, 0.1) is 5.92 Å². The predicted octanol–water partition coefficient (Wildman–Crippen LogP) is 0.118. The van der Waals surface area contributed by atoms with E-state index >= 15 is 0 Å². The Morgan fingerprint density at radius 1 is 1.41 bits per heavy atom. The fraction of sp³-hybridized carbons (Fsp3) is 0.778. The zero-order valence-corrected chi connectivity index (χ0v) is 11.1. The topological polar surface area (TPSA) is 100 Å². The maximum absolute atomic E-state index is 11.3. The molecule has 98 valence electrons. The average Bonchev–Trinajstić information content (AvgIpc) is 2.56. The lowest BCUT2D eigenvalue weighted by Crippen LogP contribution is -2.21. The van der Waals surface area contributed by atoms with E-state index in [1.807, 2.05) is 20.8 Å². The zero-order chi connectivity index (χ0) is 13.1. The summed E-state index contributed by atoms with van der Waals surface area (Å²) in [5.74, 6) is 0.733. The Morgan fingerprint density at radius 2 is 2.06 bits per heavy atom. The van der Waals surface area contributed by atoms with E-state index in [-0.39, 0.29) is 17.7 Å². The van der Waals surface area contributed by atoms with Gasteiger partial charge in [-0.25, -0.2) is 13.6 Å². The number of hydrogen-bond acceptors (Lipinski definition) is 5. The van der Waals surface area contributed by atoms with Crippen LogP contribution in [-0.2, 0) is 27.9 Å². The summed E-state index contributed by atoms with van der Waals surface area (Å²) in [6, 6.07) is 0. The summed E-state index contributed by atoms with van der Waals surface area (Å²) in [6.45, 7) is 7.03. The maximum Gasteiger partial charge on any atom is 0.273 e. The number of hydrogen-bond donors (Lipinski definition) is 1. The van der Waals surface area contributed by atoms with Gasteiger partial charge in [0, 0.05) is 13.2 Å². The molecule has 0 bridgehead atoms. The molecular formula is C9H18N4O3S. The Balaban J connectivity index is 3.11. The minimum Gasteiger partial charge on any atom is -0.374 e. The lowest BCUT2D eigenvalue weighted by atomic mass is 10.2. The normalized spacial score (nSPS) is 12.3. The Morgan fingerprint density at radius 3 is 2.53 bits per heavy atom. The SMILES string of the molecule is CCOCc1nnc(S(N)(=O)=O)n1CC(C)C. The van der Waals surface area contributed by atoms with Gasteiger partial charge in [-0.15, -0.1) is 10.2 Å². The first-order valence-corrected chi connectivity index (χ1v) is 6.93. The molecule has 0 saturated carbocycles. The standard InChI is InChI=1S/C9H18N4O3S/c1-4-16-6-8-11-12-9(17(10,14)15)13(8)5-7(2)3/h7H,4-6H2,1-3H3,(H2,10,14,15). The van der Waals surface area contributed by atoms with E-state index in [0.29, 0.717) is 19.0 Å². The molecule has 8 heteroatoms. The monoisotopic (exact) mass is 262 g/mol. The molecule has 0 unspecified atom stereocenters. The van der Waals surface area contributed by atoms with Crippen molar-refractivity contribution in [3.63, 3.8) is 0 Å². The van der Waals surface area contributed by atoms with Gasteiger partial charge in [-0.2, -0.15) is 0 Å². The third kappa shape index (κ3) is 3.76. The fourth-order valence-electron chi connectivity index (χ4n) is 1.38. The second-order valence-electron chi connectivity index (χ2n) is 4.09. The van der Waals surface area contributed by atoms with Crippen LogP contribution in [0.25, 0.3) is 0 Å². The minimum atomic E-state index is -3.85. The molecule has 1 rings (SSSR count). The highest BCUT2D eigenvalue weighted by Crippen LogP contribution is 2.11. The first kappa shape index (κ1) is 14.1. The van der Waals surface area contributed by atoms with Crippen molar-refractivity contribution in [3.05, 3.63) is 5.82 Å². The fourth-order valence-corrected chi connectivity index (χ4v) is 2.02. The molecule has 1 heterocycles. The Hall–Kier alpha value is -0.990. The van der Waals surface area contributed by atoms with Gasteiger partial charge in [0.15, 0.2) is 5.82 Å². The van der Waals surface area contributed by atoms with Gasteiger partial charge >= 0.3 is 0 Å². The van der Waals surface area contributed by atoms with Crippen molar-refractivity contribution in [2.45, 2.75) is 39.1 Å². The van der Waals surface area contributed by atoms with Crippen molar-refractivity contribution >= 4 is 10.0 Å². The molecule has 0 aliphatic carbocycles. The zero-order valence-electron chi connectivity index (χ0n) is 10.3. The van der Waals surface area contributed by atoms with Gasteiger partial charge < -0.3 is 4.74 Å². The number of ether oxygens (including phenoxy) is 1. The molecule has 0 atom stereocenters. The van der Waals surface area contributed by atoms with Crippen LogP contribution in [0.4, 0.5) is 0 Å². The highest BCUT2D eigenvalue weighted by atomic mass is 32.2. The number of primary sulfonamides is 1. The summed E-state index contributed by atoms with van der Waals surface area (Å²) in [6.07, 6.45) is 0. The van der Waals surface area contributed by atoms with Gasteiger partial charge in [0.1, 0.15) is 6.61 Å². The largest absolute Gasteiger partial charge is 0.374 e. The van der Waals surface area contributed by atoms with Crippen molar-refractivity contribution in [1.29, 1.82) is 0 Å². The van der Waals surface area contributed by atoms with Gasteiger partial charge in [0.2, 0.25) is 0 Å². The minimum absolute atomic E-state index is 0.207. The van der Waals surface area contributed by atoms with E-state index in [4.69, 9.17) is 9.88 Å². The Bertz CT molecular complexity index is 467. The number of aromatic nitrogens is 3. The van der Waals surface area contributed by atoms with E-state index in [1.165, 1.54) is 4.57 Å². The molecule has 17 heavy (non-hydrogen) atoms. The van der Waals surface area contributed by atoms with Gasteiger partial charge in [-0.3, -0.25) is 4.57 Å². The third-order valence-corrected chi connectivity index (χ3v) is 2.84. The molecule has 0 amide bonds. The van der Waals surface area contributed by atoms with E-state index < -0.39 is 10.0 Å². The smallest absolute Gasteiger partial charge is 0.273 e. The van der Waals surface area contributed by atoms with Crippen LogP contribution in [0.2, 0.25) is 0 Å². The van der Waals surface area contributed by atoms with Gasteiger partial charge in [0.05, 0.1) is 0 Å². The highest BCUT2D eigenvalue weighted by molar-refractivity contribution is 7.89. The van der Waals surface area contributed by atoms with Crippen LogP contribution >= 0.6 is 0 Å². The summed E-state index contributed by atoms with van der Waals surface area (Å²) >= 11 is 0. The summed E-state index contributed by atoms with van der Waals surface area (Å²) in [4.78, 5) is 0. The summed E-state index contributed by atoms with van der Waals surface area (Å²) in [7, 11) is -3.85. The molecule has 0 spiro atoms. The van der Waals surface area contributed by atoms with Crippen LogP contribution in [0.5, 0.6) is 0 Å². The summed E-state index contributed by atoms with van der Waals surface area (Å²) < 4.78 is 29.4. The Labute approximate surface area is 101 Å². The van der Waals surface area contributed by atoms with Crippen molar-refractivity contribution in [2.75, 3.05) is 6.61 Å². The lowest BCUT2D eigenvalue weighted by Gasteiger charge is -2.11. The van der Waals surface area contributed by atoms with Gasteiger partial charge in [-0.05, 0) is 12.8 Å². The van der Waals surface area contributed by atoms with Crippen molar-refractivity contribution in [1.82, 2.24) is 14.8 Å². The molecule has 0 aliphatic rings. The van der Waals surface area contributed by atoms with Crippen LogP contribution < -0.4 is 5.14 Å². The number of nitrogens with two attached hydrogens (primary N) is 1. The maximum atomic E-state index is 11.3. The molecule has 0 saturated heterocycles. The first-order chi connectivity index (χ1) is 7.86. The van der Waals surface area contributed by atoms with Crippen molar-refractivity contribution < 1.29 is 13.2 Å². The molecule has 1 aromatic rings. The average molecular weight is 262 g/mol. The summed E-state index contributed by atoms with van der Waals surface area (Å²) in [5, 5.41) is 12.3. The van der Waals surface area contributed by atoms with E-state index in [0.717, 1.165) is 0 Å². The van der Waals surface area contributed by atoms with Gasteiger partial charge in [-0.1, -0.05) is 13.8 Å². The number of nitrogens with zero attached hydrogens (tertiary/aromatic N) is 3. The van der Waals surface area contributed by atoms with E-state index in [1.54, 1.807) is 0 Å². The lowest BCUT2D eigenvalue weighted by molar-refractivity contribution is 0.124. The molecule has 0 fully saturated rings. The van der Waals surface area contributed by atoms with Crippen LogP contribution in [-0.4, -0.2) is 29.8 Å². The van der Waals surface area contributed by atoms with Crippen molar-refractivity contribution in [3.8, 4) is 0 Å². The molecule has 7 nitrogen and oxygen atoms in total. The molecular weight excluding hydrogens is 244 g/mol. The van der Waals surface area contributed by atoms with Crippen molar-refractivity contribution in [2.24, 2.45) is 11.1 Å². The molecule has 0 radical (unpaired) electrons. The van der Waals surface area contributed by atoms with Crippen LogP contribution in [0.15, 0.2) is 5.16 Å². The Kier molecular flexibility index (Phi) is 4.61.